The number of ether oxygens (including phenoxy) is 1. The Labute approximate surface area is 155 Å². The van der Waals surface area contributed by atoms with Crippen LogP contribution >= 0.6 is 11.3 Å². The summed E-state index contributed by atoms with van der Waals surface area (Å²) in [5, 5.41) is 24.4. The smallest absolute Gasteiger partial charge is 0.180 e. The predicted octanol–water partition coefficient (Wildman–Crippen LogP) is 3.77. The molecule has 0 bridgehead atoms. The molecular weight excluding hydrogens is 348 g/mol. The summed E-state index contributed by atoms with van der Waals surface area (Å²) in [5.74, 6) is 1.22. The molecule has 3 heterocycles. The number of aliphatic hydroxyl groups is 2. The first-order valence-electron chi connectivity index (χ1n) is 8.57. The van der Waals surface area contributed by atoms with Crippen LogP contribution in [-0.4, -0.2) is 28.3 Å². The molecule has 134 valence electrons. The highest BCUT2D eigenvalue weighted by atomic mass is 32.1. The van der Waals surface area contributed by atoms with Crippen molar-refractivity contribution in [2.24, 2.45) is 0 Å². The van der Waals surface area contributed by atoms with E-state index in [4.69, 9.17) is 4.74 Å². The lowest BCUT2D eigenvalue weighted by molar-refractivity contribution is -0.0419. The second-order valence-electron chi connectivity index (χ2n) is 6.28. The Bertz CT molecular complexity index is 881. The third kappa shape index (κ3) is 3.44. The SMILES string of the molecule is OC(O)c1ccncc1NC[C@H]1CCOc2cc(-c3cccs3)ccc21. The summed E-state index contributed by atoms with van der Waals surface area (Å²) in [5.41, 5.74) is 3.43. The van der Waals surface area contributed by atoms with E-state index in [1.807, 2.05) is 6.07 Å². The second kappa shape index (κ2) is 7.45. The molecule has 2 aromatic heterocycles. The first-order valence-corrected chi connectivity index (χ1v) is 9.45. The number of aromatic nitrogens is 1. The molecule has 3 N–H and O–H groups in total. The van der Waals surface area contributed by atoms with Crippen LogP contribution < -0.4 is 10.1 Å². The monoisotopic (exact) mass is 368 g/mol. The Morgan fingerprint density at radius 2 is 2.19 bits per heavy atom. The number of aliphatic hydroxyl groups excluding tert-OH is 1. The Morgan fingerprint density at radius 3 is 3.00 bits per heavy atom. The standard InChI is InChI=1S/C20H20N2O3S/c23-20(24)16-5-7-21-12-17(16)22-11-14-6-8-25-18-10-13(3-4-15(14)18)19-2-1-9-26-19/h1-5,7,9-10,12,14,20,22-24H,6,8,11H2/t14-/m1/s1. The summed E-state index contributed by atoms with van der Waals surface area (Å²) >= 11 is 1.72. The molecule has 0 aliphatic carbocycles. The molecular formula is C20H20N2O3S. The van der Waals surface area contributed by atoms with Gasteiger partial charge in [-0.1, -0.05) is 18.2 Å². The van der Waals surface area contributed by atoms with Gasteiger partial charge in [-0.05, 0) is 41.1 Å². The normalized spacial score (nSPS) is 16.2. The maximum Gasteiger partial charge on any atom is 0.180 e. The minimum atomic E-state index is -1.52. The maximum absolute atomic E-state index is 9.49. The second-order valence-corrected chi connectivity index (χ2v) is 7.23. The van der Waals surface area contributed by atoms with Crippen molar-refractivity contribution in [1.29, 1.82) is 0 Å². The van der Waals surface area contributed by atoms with Crippen molar-refractivity contribution in [2.45, 2.75) is 18.6 Å². The van der Waals surface area contributed by atoms with Crippen LogP contribution in [0.4, 0.5) is 5.69 Å². The van der Waals surface area contributed by atoms with Crippen LogP contribution in [0.25, 0.3) is 10.4 Å². The molecule has 0 unspecified atom stereocenters. The first-order chi connectivity index (χ1) is 12.7. The zero-order valence-corrected chi connectivity index (χ0v) is 14.9. The summed E-state index contributed by atoms with van der Waals surface area (Å²) in [6, 6.07) is 12.2. The van der Waals surface area contributed by atoms with Gasteiger partial charge < -0.3 is 20.3 Å². The molecule has 0 radical (unpaired) electrons. The number of fused-ring (bicyclic) bond motifs is 1. The number of nitrogens with zero attached hydrogens (tertiary/aromatic N) is 1. The molecule has 26 heavy (non-hydrogen) atoms. The van der Waals surface area contributed by atoms with E-state index in [9.17, 15) is 10.2 Å². The van der Waals surface area contributed by atoms with Gasteiger partial charge in [-0.15, -0.1) is 11.3 Å². The number of thiophene rings is 1. The van der Waals surface area contributed by atoms with Crippen LogP contribution in [-0.2, 0) is 0 Å². The van der Waals surface area contributed by atoms with Gasteiger partial charge in [-0.25, -0.2) is 0 Å². The van der Waals surface area contributed by atoms with Gasteiger partial charge in [0.05, 0.1) is 18.5 Å². The average Bonchev–Trinajstić information content (AvgIpc) is 3.21. The van der Waals surface area contributed by atoms with E-state index in [1.165, 1.54) is 16.0 Å². The lowest BCUT2D eigenvalue weighted by Gasteiger charge is -2.27. The maximum atomic E-state index is 9.49. The van der Waals surface area contributed by atoms with Gasteiger partial charge in [-0.2, -0.15) is 0 Å². The average molecular weight is 368 g/mol. The van der Waals surface area contributed by atoms with E-state index < -0.39 is 6.29 Å². The Hall–Kier alpha value is -2.41. The Kier molecular flexibility index (Phi) is 4.88. The number of pyridine rings is 1. The molecule has 1 atom stereocenters. The van der Waals surface area contributed by atoms with Gasteiger partial charge >= 0.3 is 0 Å². The molecule has 0 amide bonds. The third-order valence-corrected chi connectivity index (χ3v) is 5.57. The molecule has 0 saturated heterocycles. The van der Waals surface area contributed by atoms with Gasteiger partial charge in [0.1, 0.15) is 5.75 Å². The van der Waals surface area contributed by atoms with Crippen molar-refractivity contribution >= 4 is 17.0 Å². The summed E-state index contributed by atoms with van der Waals surface area (Å²) in [4.78, 5) is 5.30. The van der Waals surface area contributed by atoms with Crippen molar-refractivity contribution in [3.8, 4) is 16.2 Å². The highest BCUT2D eigenvalue weighted by Crippen LogP contribution is 2.38. The van der Waals surface area contributed by atoms with Gasteiger partial charge in [0.15, 0.2) is 6.29 Å². The fraction of sp³-hybridized carbons (Fsp3) is 0.250. The van der Waals surface area contributed by atoms with E-state index in [2.05, 4.69) is 39.9 Å². The summed E-state index contributed by atoms with van der Waals surface area (Å²) in [7, 11) is 0. The van der Waals surface area contributed by atoms with E-state index in [0.29, 0.717) is 30.3 Å². The fourth-order valence-electron chi connectivity index (χ4n) is 3.28. The quantitative estimate of drug-likeness (QED) is 0.598. The van der Waals surface area contributed by atoms with Crippen LogP contribution in [0.2, 0.25) is 0 Å². The van der Waals surface area contributed by atoms with Crippen LogP contribution in [0.15, 0.2) is 54.2 Å². The highest BCUT2D eigenvalue weighted by Gasteiger charge is 2.22. The molecule has 5 nitrogen and oxygen atoms in total. The third-order valence-electron chi connectivity index (χ3n) is 4.65. The summed E-state index contributed by atoms with van der Waals surface area (Å²) in [6.07, 6.45) is 2.57. The zero-order valence-electron chi connectivity index (χ0n) is 14.1. The number of anilines is 1. The largest absolute Gasteiger partial charge is 0.493 e. The van der Waals surface area contributed by atoms with Crippen LogP contribution in [0.5, 0.6) is 5.75 Å². The molecule has 3 aromatic rings. The molecule has 1 aromatic carbocycles. The van der Waals surface area contributed by atoms with E-state index in [0.717, 1.165) is 12.2 Å². The van der Waals surface area contributed by atoms with Gasteiger partial charge in [0.25, 0.3) is 0 Å². The van der Waals surface area contributed by atoms with E-state index in [-0.39, 0.29) is 0 Å². The minimum absolute atomic E-state index is 0.292. The molecule has 0 spiro atoms. The Balaban J connectivity index is 1.53. The molecule has 1 aliphatic heterocycles. The molecule has 1 aliphatic rings. The van der Waals surface area contributed by atoms with Crippen molar-refractivity contribution in [2.75, 3.05) is 18.5 Å². The van der Waals surface area contributed by atoms with Crippen molar-refractivity contribution < 1.29 is 14.9 Å². The van der Waals surface area contributed by atoms with E-state index in [1.54, 1.807) is 29.8 Å². The number of hydrogen-bond acceptors (Lipinski definition) is 6. The molecule has 0 fully saturated rings. The van der Waals surface area contributed by atoms with Crippen molar-refractivity contribution in [1.82, 2.24) is 4.98 Å². The molecule has 0 saturated carbocycles. The van der Waals surface area contributed by atoms with Crippen molar-refractivity contribution in [3.63, 3.8) is 0 Å². The zero-order chi connectivity index (χ0) is 17.9. The predicted molar refractivity (Wildman–Crippen MR) is 103 cm³/mol. The number of rotatable bonds is 5. The number of nitrogens with one attached hydrogen (secondary N) is 1. The van der Waals surface area contributed by atoms with Crippen LogP contribution in [0.3, 0.4) is 0 Å². The number of hydrogen-bond donors (Lipinski definition) is 3. The summed E-state index contributed by atoms with van der Waals surface area (Å²) in [6.45, 7) is 1.36. The van der Waals surface area contributed by atoms with Gasteiger partial charge in [-0.3, -0.25) is 4.98 Å². The van der Waals surface area contributed by atoms with Crippen molar-refractivity contribution in [3.05, 3.63) is 65.3 Å². The summed E-state index contributed by atoms with van der Waals surface area (Å²) < 4.78 is 5.89. The molecule has 4 rings (SSSR count). The van der Waals surface area contributed by atoms with Crippen LogP contribution in [0, 0.1) is 0 Å². The topological polar surface area (TPSA) is 74.6 Å². The Morgan fingerprint density at radius 1 is 1.27 bits per heavy atom. The lowest BCUT2D eigenvalue weighted by Crippen LogP contribution is -2.21. The first kappa shape index (κ1) is 17.0. The van der Waals surface area contributed by atoms with Gasteiger partial charge in [0.2, 0.25) is 0 Å². The van der Waals surface area contributed by atoms with E-state index >= 15 is 0 Å². The minimum Gasteiger partial charge on any atom is -0.493 e. The van der Waals surface area contributed by atoms with Crippen LogP contribution in [0.1, 0.15) is 29.8 Å². The fourth-order valence-corrected chi connectivity index (χ4v) is 4.01. The molecule has 6 heteroatoms. The lowest BCUT2D eigenvalue weighted by atomic mass is 9.91. The van der Waals surface area contributed by atoms with Gasteiger partial charge in [0, 0.05) is 29.1 Å². The number of benzene rings is 1. The highest BCUT2D eigenvalue weighted by molar-refractivity contribution is 7.13.